The monoisotopic (exact) mass is 242 g/mol. The Bertz CT molecular complexity index is 571. The molecule has 1 aliphatic rings. The smallest absolute Gasteiger partial charge is 0.153 e. The highest BCUT2D eigenvalue weighted by atomic mass is 16.3. The van der Waals surface area contributed by atoms with Crippen LogP contribution in [0.5, 0.6) is 5.75 Å². The number of hydrogen-bond acceptors (Lipinski definition) is 5. The van der Waals surface area contributed by atoms with Crippen LogP contribution in [0.4, 0.5) is 11.5 Å². The Balaban J connectivity index is 1.85. The maximum absolute atomic E-state index is 9.40. The Labute approximate surface area is 105 Å². The van der Waals surface area contributed by atoms with Crippen LogP contribution in [-0.4, -0.2) is 21.8 Å². The van der Waals surface area contributed by atoms with Crippen molar-refractivity contribution in [1.29, 1.82) is 0 Å². The van der Waals surface area contributed by atoms with Gasteiger partial charge in [-0.1, -0.05) is 6.07 Å². The van der Waals surface area contributed by atoms with Crippen LogP contribution in [0.2, 0.25) is 0 Å². The number of aromatic nitrogens is 2. The fourth-order valence-corrected chi connectivity index (χ4v) is 2.04. The third kappa shape index (κ3) is 2.26. The maximum atomic E-state index is 9.40. The van der Waals surface area contributed by atoms with Crippen molar-refractivity contribution in [3.63, 3.8) is 0 Å². The number of nitrogens with zero attached hydrogens (tertiary/aromatic N) is 2. The highest BCUT2D eigenvalue weighted by Crippen LogP contribution is 2.20. The van der Waals surface area contributed by atoms with Gasteiger partial charge in [0.1, 0.15) is 5.75 Å². The average Bonchev–Trinajstić information content (AvgIpc) is 2.39. The molecule has 3 rings (SSSR count). The van der Waals surface area contributed by atoms with Crippen LogP contribution in [0.1, 0.15) is 11.3 Å². The van der Waals surface area contributed by atoms with Crippen LogP contribution in [0.25, 0.3) is 0 Å². The van der Waals surface area contributed by atoms with Crippen molar-refractivity contribution in [2.45, 2.75) is 13.0 Å². The number of rotatable bonds is 2. The van der Waals surface area contributed by atoms with Gasteiger partial charge in [0.15, 0.2) is 5.82 Å². The van der Waals surface area contributed by atoms with Crippen LogP contribution in [0.15, 0.2) is 30.3 Å². The number of aromatic hydroxyl groups is 1. The van der Waals surface area contributed by atoms with Crippen molar-refractivity contribution in [1.82, 2.24) is 15.5 Å². The number of phenols is 1. The molecule has 18 heavy (non-hydrogen) atoms. The molecule has 0 atom stereocenters. The predicted molar refractivity (Wildman–Crippen MR) is 68.8 cm³/mol. The summed E-state index contributed by atoms with van der Waals surface area (Å²) in [6.45, 7) is 1.79. The van der Waals surface area contributed by atoms with Gasteiger partial charge in [0.05, 0.1) is 5.69 Å². The Morgan fingerprint density at radius 2 is 2.17 bits per heavy atom. The van der Waals surface area contributed by atoms with Gasteiger partial charge < -0.3 is 15.7 Å². The topological polar surface area (TPSA) is 70.1 Å². The van der Waals surface area contributed by atoms with Crippen molar-refractivity contribution in [2.24, 2.45) is 0 Å². The molecular formula is C13H14N4O. The molecule has 1 aromatic carbocycles. The van der Waals surface area contributed by atoms with E-state index in [0.717, 1.165) is 30.9 Å². The van der Waals surface area contributed by atoms with E-state index in [2.05, 4.69) is 20.8 Å². The number of hydrogen-bond donors (Lipinski definition) is 3. The van der Waals surface area contributed by atoms with Gasteiger partial charge in [-0.3, -0.25) is 0 Å². The number of benzene rings is 1. The molecule has 1 aromatic heterocycles. The van der Waals surface area contributed by atoms with Crippen molar-refractivity contribution in [3.05, 3.63) is 41.6 Å². The highest BCUT2D eigenvalue weighted by Gasteiger charge is 2.11. The molecule has 0 fully saturated rings. The van der Waals surface area contributed by atoms with E-state index >= 15 is 0 Å². The van der Waals surface area contributed by atoms with Gasteiger partial charge >= 0.3 is 0 Å². The second-order valence-electron chi connectivity index (χ2n) is 4.30. The first-order valence-electron chi connectivity index (χ1n) is 5.93. The molecule has 0 saturated heterocycles. The van der Waals surface area contributed by atoms with Gasteiger partial charge in [-0.15, -0.1) is 5.10 Å². The SMILES string of the molecule is Oc1cccc(Nc2cc3c(nn2)CCNC3)c1. The van der Waals surface area contributed by atoms with Crippen LogP contribution in [-0.2, 0) is 13.0 Å². The second kappa shape index (κ2) is 4.62. The summed E-state index contributed by atoms with van der Waals surface area (Å²) in [5, 5.41) is 24.2. The molecule has 0 saturated carbocycles. The summed E-state index contributed by atoms with van der Waals surface area (Å²) in [6, 6.07) is 8.94. The normalized spacial score (nSPS) is 14.0. The zero-order valence-electron chi connectivity index (χ0n) is 9.85. The van der Waals surface area contributed by atoms with Crippen LogP contribution >= 0.6 is 0 Å². The summed E-state index contributed by atoms with van der Waals surface area (Å²) >= 11 is 0. The molecule has 0 radical (unpaired) electrons. The number of nitrogens with one attached hydrogen (secondary N) is 2. The molecule has 0 bridgehead atoms. The van der Waals surface area contributed by atoms with E-state index in [0.29, 0.717) is 5.82 Å². The van der Waals surface area contributed by atoms with Crippen LogP contribution in [0.3, 0.4) is 0 Å². The van der Waals surface area contributed by atoms with Gasteiger partial charge in [0.2, 0.25) is 0 Å². The number of phenolic OH excluding ortho intramolecular Hbond substituents is 1. The van der Waals surface area contributed by atoms with Gasteiger partial charge in [-0.25, -0.2) is 0 Å². The molecule has 1 aliphatic heterocycles. The lowest BCUT2D eigenvalue weighted by atomic mass is 10.1. The minimum absolute atomic E-state index is 0.229. The molecule has 3 N–H and O–H groups in total. The summed E-state index contributed by atoms with van der Waals surface area (Å²) in [4.78, 5) is 0. The molecule has 0 aliphatic carbocycles. The molecule has 92 valence electrons. The molecule has 2 heterocycles. The Morgan fingerprint density at radius 1 is 1.22 bits per heavy atom. The minimum atomic E-state index is 0.229. The van der Waals surface area contributed by atoms with Crippen molar-refractivity contribution >= 4 is 11.5 Å². The molecule has 0 amide bonds. The van der Waals surface area contributed by atoms with Gasteiger partial charge in [0.25, 0.3) is 0 Å². The summed E-state index contributed by atoms with van der Waals surface area (Å²) < 4.78 is 0. The van der Waals surface area contributed by atoms with Crippen LogP contribution in [0, 0.1) is 0 Å². The van der Waals surface area contributed by atoms with E-state index in [4.69, 9.17) is 0 Å². The number of anilines is 2. The van der Waals surface area contributed by atoms with Crippen molar-refractivity contribution in [2.75, 3.05) is 11.9 Å². The fraction of sp³-hybridized carbons (Fsp3) is 0.231. The first kappa shape index (κ1) is 11.0. The van der Waals surface area contributed by atoms with E-state index in [9.17, 15) is 5.11 Å². The molecule has 2 aromatic rings. The summed E-state index contributed by atoms with van der Waals surface area (Å²) in [6.07, 6.45) is 0.925. The zero-order valence-corrected chi connectivity index (χ0v) is 9.85. The van der Waals surface area contributed by atoms with E-state index in [1.165, 1.54) is 5.56 Å². The minimum Gasteiger partial charge on any atom is -0.508 e. The third-order valence-electron chi connectivity index (χ3n) is 2.93. The Hall–Kier alpha value is -2.14. The molecule has 5 heteroatoms. The lowest BCUT2D eigenvalue weighted by molar-refractivity contribution is 0.475. The van der Waals surface area contributed by atoms with Crippen molar-refractivity contribution in [3.8, 4) is 5.75 Å². The summed E-state index contributed by atoms with van der Waals surface area (Å²) in [5.41, 5.74) is 3.04. The Morgan fingerprint density at radius 3 is 3.06 bits per heavy atom. The summed E-state index contributed by atoms with van der Waals surface area (Å²) in [5.74, 6) is 0.927. The third-order valence-corrected chi connectivity index (χ3v) is 2.93. The maximum Gasteiger partial charge on any atom is 0.153 e. The molecule has 0 unspecified atom stereocenters. The lowest BCUT2D eigenvalue weighted by Gasteiger charge is -2.16. The van der Waals surface area contributed by atoms with E-state index in [1.54, 1.807) is 18.2 Å². The van der Waals surface area contributed by atoms with Crippen molar-refractivity contribution < 1.29 is 5.11 Å². The highest BCUT2D eigenvalue weighted by molar-refractivity contribution is 5.58. The Kier molecular flexibility index (Phi) is 2.82. The van der Waals surface area contributed by atoms with Gasteiger partial charge in [0, 0.05) is 31.3 Å². The first-order valence-corrected chi connectivity index (χ1v) is 5.93. The largest absolute Gasteiger partial charge is 0.508 e. The average molecular weight is 242 g/mol. The lowest BCUT2D eigenvalue weighted by Crippen LogP contribution is -2.25. The predicted octanol–water partition coefficient (Wildman–Crippen LogP) is 1.57. The van der Waals surface area contributed by atoms with E-state index in [-0.39, 0.29) is 5.75 Å². The first-order chi connectivity index (χ1) is 8.81. The number of fused-ring (bicyclic) bond motifs is 1. The zero-order chi connectivity index (χ0) is 12.4. The van der Waals surface area contributed by atoms with E-state index in [1.807, 2.05) is 12.1 Å². The quantitative estimate of drug-likeness (QED) is 0.745. The molecule has 5 nitrogen and oxygen atoms in total. The molecular weight excluding hydrogens is 228 g/mol. The summed E-state index contributed by atoms with van der Waals surface area (Å²) in [7, 11) is 0. The molecule has 0 spiro atoms. The van der Waals surface area contributed by atoms with Crippen LogP contribution < -0.4 is 10.6 Å². The van der Waals surface area contributed by atoms with E-state index < -0.39 is 0 Å². The standard InChI is InChI=1S/C13H14N4O/c18-11-3-1-2-10(7-11)15-13-6-9-8-14-5-4-12(9)16-17-13/h1-3,6-7,14,18H,4-5,8H2,(H,15,17). The van der Waals surface area contributed by atoms with Gasteiger partial charge in [-0.05, 0) is 23.8 Å². The fourth-order valence-electron chi connectivity index (χ4n) is 2.04. The second-order valence-corrected chi connectivity index (χ2v) is 4.30. The van der Waals surface area contributed by atoms with Gasteiger partial charge in [-0.2, -0.15) is 5.10 Å².